The van der Waals surface area contributed by atoms with E-state index in [9.17, 15) is 48.7 Å². The molecule has 0 aliphatic carbocycles. The molecule has 1 atom stereocenters. The molecule has 222 valence electrons. The number of halogens is 12. The maximum Gasteiger partial charge on any atom is 0.460 e. The summed E-state index contributed by atoms with van der Waals surface area (Å²) >= 11 is 0. The molecule has 1 saturated heterocycles. The number of alkyl halides is 12. The molecule has 0 spiro atoms. The second kappa shape index (κ2) is 9.75. The molecule has 1 fully saturated rings. The Labute approximate surface area is 220 Å². The first-order valence-corrected chi connectivity index (χ1v) is 11.5. The fraction of sp³-hybridized carbons (Fsp3) is 0.480. The highest BCUT2D eigenvalue weighted by molar-refractivity contribution is 5.90. The van der Waals surface area contributed by atoms with Crippen LogP contribution in [0.25, 0.3) is 0 Å². The summed E-state index contributed by atoms with van der Waals surface area (Å²) in [7, 11) is 0. The van der Waals surface area contributed by atoms with Crippen LogP contribution in [0.15, 0.2) is 54.6 Å². The lowest BCUT2D eigenvalue weighted by Gasteiger charge is -2.43. The smallest absolute Gasteiger partial charge is 0.314 e. The van der Waals surface area contributed by atoms with Gasteiger partial charge in [0, 0.05) is 18.7 Å². The van der Waals surface area contributed by atoms with Crippen LogP contribution in [0.5, 0.6) is 0 Å². The van der Waals surface area contributed by atoms with Crippen LogP contribution >= 0.6 is 0 Å². The topological polar surface area (TPSA) is 32.3 Å². The van der Waals surface area contributed by atoms with Gasteiger partial charge < -0.3 is 10.2 Å². The summed E-state index contributed by atoms with van der Waals surface area (Å²) in [6.45, 7) is 2.32. The predicted molar refractivity (Wildman–Crippen MR) is 119 cm³/mol. The van der Waals surface area contributed by atoms with Gasteiger partial charge in [0.05, 0.1) is 11.1 Å². The van der Waals surface area contributed by atoms with Gasteiger partial charge in [0.15, 0.2) is 0 Å². The summed E-state index contributed by atoms with van der Waals surface area (Å²) in [5, 5.41) is 2.06. The van der Waals surface area contributed by atoms with Crippen LogP contribution in [0.1, 0.15) is 37.8 Å². The molecular formula is C25H22F12N2O. The Hall–Kier alpha value is -3.13. The van der Waals surface area contributed by atoms with E-state index in [0.717, 1.165) is 24.3 Å². The number of carbonyl (C=O) groups excluding carboxylic acids is 1. The van der Waals surface area contributed by atoms with Gasteiger partial charge in [-0.05, 0) is 35.6 Å². The fourth-order valence-electron chi connectivity index (χ4n) is 4.91. The quantitative estimate of drug-likeness (QED) is 0.334. The third kappa shape index (κ3) is 5.55. The minimum absolute atomic E-state index is 0.287. The molecule has 2 aromatic carbocycles. The summed E-state index contributed by atoms with van der Waals surface area (Å²) in [4.78, 5) is 13.9. The number of anilines is 1. The van der Waals surface area contributed by atoms with Crippen molar-refractivity contribution in [2.24, 2.45) is 5.41 Å². The van der Waals surface area contributed by atoms with Crippen molar-refractivity contribution in [1.82, 2.24) is 4.90 Å². The molecule has 0 saturated carbocycles. The maximum atomic E-state index is 15.1. The van der Waals surface area contributed by atoms with Crippen LogP contribution in [-0.4, -0.2) is 41.4 Å². The third-order valence-corrected chi connectivity index (χ3v) is 6.60. The number of hydrogen-bond donors (Lipinski definition) is 1. The first kappa shape index (κ1) is 31.4. The van der Waals surface area contributed by atoms with Gasteiger partial charge >= 0.3 is 36.2 Å². The Morgan fingerprint density at radius 3 is 1.93 bits per heavy atom. The number of nitrogens with zero attached hydrogens (tertiary/aromatic N) is 1. The maximum absolute atomic E-state index is 15.1. The van der Waals surface area contributed by atoms with Gasteiger partial charge in [0.2, 0.25) is 0 Å². The molecule has 2 aromatic rings. The number of likely N-dealkylation sites (tertiary alicyclic amines) is 1. The van der Waals surface area contributed by atoms with E-state index in [1.807, 2.05) is 0 Å². The van der Waals surface area contributed by atoms with E-state index in [1.54, 1.807) is 0 Å². The molecule has 0 aromatic heterocycles. The number of benzene rings is 2. The van der Waals surface area contributed by atoms with Crippen molar-refractivity contribution < 1.29 is 57.5 Å². The van der Waals surface area contributed by atoms with Crippen LogP contribution in [0.2, 0.25) is 0 Å². The molecule has 0 radical (unpaired) electrons. The van der Waals surface area contributed by atoms with Crippen molar-refractivity contribution in [2.75, 3.05) is 11.9 Å². The van der Waals surface area contributed by atoms with Gasteiger partial charge in [-0.15, -0.1) is 0 Å². The normalized spacial score (nSPS) is 20.5. The molecule has 1 aliphatic rings. The second-order valence-electron chi connectivity index (χ2n) is 10.4. The van der Waals surface area contributed by atoms with Crippen molar-refractivity contribution in [3.63, 3.8) is 0 Å². The zero-order chi connectivity index (χ0) is 30.6. The minimum atomic E-state index is -7.14. The molecule has 3 nitrogen and oxygen atoms in total. The molecule has 1 unspecified atom stereocenters. The summed E-state index contributed by atoms with van der Waals surface area (Å²) in [5.41, 5.74) is -5.70. The Morgan fingerprint density at radius 2 is 1.40 bits per heavy atom. The average molecular weight is 594 g/mol. The van der Waals surface area contributed by atoms with E-state index >= 15 is 8.78 Å². The van der Waals surface area contributed by atoms with Crippen LogP contribution in [0.3, 0.4) is 0 Å². The average Bonchev–Trinajstić information content (AvgIpc) is 3.09. The zero-order valence-corrected chi connectivity index (χ0v) is 20.7. The van der Waals surface area contributed by atoms with E-state index in [2.05, 4.69) is 5.32 Å². The van der Waals surface area contributed by atoms with Gasteiger partial charge in [-0.2, -0.15) is 52.7 Å². The summed E-state index contributed by atoms with van der Waals surface area (Å²) in [5.74, 6) is -20.1. The standard InChI is InChI=1S/C25H22F12N2O/c1-19(2)12-20(15-7-4-3-5-8-15,13-21(26,27)23(31,32)24(33,34)25(35,36)37)39(14-19)18(40)38-17-10-6-9-16(11-17)22(28,29)30/h3-11H,12-14H2,1-2H3,(H,38,40). The van der Waals surface area contributed by atoms with Crippen molar-refractivity contribution in [2.45, 2.75) is 62.3 Å². The Bertz CT molecular complexity index is 1220. The van der Waals surface area contributed by atoms with Crippen molar-refractivity contribution in [3.05, 3.63) is 65.7 Å². The number of urea groups is 1. The molecule has 0 bridgehead atoms. The summed E-state index contributed by atoms with van der Waals surface area (Å²) in [6, 6.07) is 7.81. The molecule has 1 aliphatic heterocycles. The zero-order valence-electron chi connectivity index (χ0n) is 20.7. The monoisotopic (exact) mass is 594 g/mol. The van der Waals surface area contributed by atoms with E-state index in [4.69, 9.17) is 0 Å². The first-order valence-electron chi connectivity index (χ1n) is 11.5. The molecule has 2 amide bonds. The Kier molecular flexibility index (Phi) is 7.66. The number of nitrogens with one attached hydrogen (secondary N) is 1. The van der Waals surface area contributed by atoms with Crippen molar-refractivity contribution in [3.8, 4) is 0 Å². The summed E-state index contributed by atoms with van der Waals surface area (Å²) in [6.07, 6.45) is -14.8. The first-order chi connectivity index (χ1) is 18.0. The van der Waals surface area contributed by atoms with E-state index < -0.39 is 77.7 Å². The van der Waals surface area contributed by atoms with E-state index in [1.165, 1.54) is 32.0 Å². The number of hydrogen-bond acceptors (Lipinski definition) is 1. The van der Waals surface area contributed by atoms with Crippen LogP contribution < -0.4 is 5.32 Å². The van der Waals surface area contributed by atoms with E-state index in [-0.39, 0.29) is 5.56 Å². The molecular weight excluding hydrogens is 572 g/mol. The van der Waals surface area contributed by atoms with Crippen molar-refractivity contribution in [1.29, 1.82) is 0 Å². The largest absolute Gasteiger partial charge is 0.460 e. The molecule has 15 heteroatoms. The molecule has 40 heavy (non-hydrogen) atoms. The van der Waals surface area contributed by atoms with Crippen LogP contribution in [0.4, 0.5) is 63.2 Å². The van der Waals surface area contributed by atoms with E-state index in [0.29, 0.717) is 17.0 Å². The van der Waals surface area contributed by atoms with Crippen molar-refractivity contribution >= 4 is 11.7 Å². The van der Waals surface area contributed by atoms with Crippen LogP contribution in [-0.2, 0) is 11.7 Å². The van der Waals surface area contributed by atoms with Gasteiger partial charge in [-0.1, -0.05) is 50.2 Å². The highest BCUT2D eigenvalue weighted by atomic mass is 19.4. The number of amides is 2. The summed E-state index contributed by atoms with van der Waals surface area (Å²) < 4.78 is 164. The SMILES string of the molecule is CC1(C)CN(C(=O)Nc2cccc(C(F)(F)F)c2)C(CC(F)(F)C(F)(F)C(F)(F)C(F)(F)F)(c2ccccc2)C1. The van der Waals surface area contributed by atoms with Gasteiger partial charge in [-0.25, -0.2) is 4.79 Å². The van der Waals surface area contributed by atoms with Gasteiger partial charge in [0.1, 0.15) is 0 Å². The highest BCUT2D eigenvalue weighted by Gasteiger charge is 2.82. The lowest BCUT2D eigenvalue weighted by atomic mass is 9.75. The molecule has 1 N–H and O–H groups in total. The molecule has 1 heterocycles. The van der Waals surface area contributed by atoms with Gasteiger partial charge in [0.25, 0.3) is 0 Å². The lowest BCUT2D eigenvalue weighted by Crippen LogP contribution is -2.63. The minimum Gasteiger partial charge on any atom is -0.314 e. The lowest BCUT2D eigenvalue weighted by molar-refractivity contribution is -0.399. The van der Waals surface area contributed by atoms with Gasteiger partial charge in [-0.3, -0.25) is 0 Å². The third-order valence-electron chi connectivity index (χ3n) is 6.60. The fourth-order valence-corrected chi connectivity index (χ4v) is 4.91. The Morgan fingerprint density at radius 1 is 0.825 bits per heavy atom. The Balaban J connectivity index is 2.13. The number of rotatable bonds is 6. The number of carbonyl (C=O) groups is 1. The predicted octanol–water partition coefficient (Wildman–Crippen LogP) is 8.72. The highest BCUT2D eigenvalue weighted by Crippen LogP contribution is 2.59. The molecule has 3 rings (SSSR count). The van der Waals surface area contributed by atoms with Crippen LogP contribution in [0, 0.1) is 5.41 Å². The second-order valence-corrected chi connectivity index (χ2v) is 10.4.